The Labute approximate surface area is 164 Å². The van der Waals surface area contributed by atoms with Crippen molar-refractivity contribution in [3.63, 3.8) is 0 Å². The quantitative estimate of drug-likeness (QED) is 0.700. The third-order valence-electron chi connectivity index (χ3n) is 4.12. The molecule has 1 amide bonds. The molecule has 5 nitrogen and oxygen atoms in total. The maximum absolute atomic E-state index is 12.7. The third-order valence-corrected chi connectivity index (χ3v) is 4.35. The molecule has 0 atom stereocenters. The second-order valence-corrected chi connectivity index (χ2v) is 6.89. The van der Waals surface area contributed by atoms with E-state index >= 15 is 0 Å². The maximum atomic E-state index is 12.7. The van der Waals surface area contributed by atoms with Crippen LogP contribution in [-0.2, 0) is 6.54 Å². The van der Waals surface area contributed by atoms with E-state index in [0.29, 0.717) is 28.9 Å². The molecule has 1 aromatic heterocycles. The fourth-order valence-corrected chi connectivity index (χ4v) is 2.95. The monoisotopic (exact) mass is 380 g/mol. The number of aromatic nitrogens is 2. The SMILES string of the molecule is Cc1cc(C(=O)Nc2ccc(Cl)cc2C)nc(N(C)Cc2ccccc2)n1. The van der Waals surface area contributed by atoms with Crippen molar-refractivity contribution >= 4 is 29.1 Å². The molecule has 1 heterocycles. The molecule has 0 aliphatic carbocycles. The van der Waals surface area contributed by atoms with Crippen LogP contribution in [0.25, 0.3) is 0 Å². The van der Waals surface area contributed by atoms with E-state index in [4.69, 9.17) is 11.6 Å². The molecule has 6 heteroatoms. The van der Waals surface area contributed by atoms with Gasteiger partial charge in [-0.05, 0) is 49.2 Å². The second kappa shape index (κ2) is 8.18. The van der Waals surface area contributed by atoms with E-state index in [1.54, 1.807) is 18.2 Å². The largest absolute Gasteiger partial charge is 0.340 e. The Kier molecular flexibility index (Phi) is 5.72. The predicted molar refractivity (Wildman–Crippen MR) is 109 cm³/mol. The average Bonchev–Trinajstić information content (AvgIpc) is 2.64. The molecule has 1 N–H and O–H groups in total. The first-order valence-electron chi connectivity index (χ1n) is 8.60. The van der Waals surface area contributed by atoms with Gasteiger partial charge in [0.15, 0.2) is 0 Å². The van der Waals surface area contributed by atoms with Crippen LogP contribution in [-0.4, -0.2) is 22.9 Å². The molecule has 138 valence electrons. The van der Waals surface area contributed by atoms with Gasteiger partial charge in [0.2, 0.25) is 5.95 Å². The van der Waals surface area contributed by atoms with E-state index in [1.807, 2.05) is 62.2 Å². The van der Waals surface area contributed by atoms with Crippen molar-refractivity contribution in [2.75, 3.05) is 17.3 Å². The first kappa shape index (κ1) is 18.9. The van der Waals surface area contributed by atoms with Crippen LogP contribution in [0.3, 0.4) is 0 Å². The summed E-state index contributed by atoms with van der Waals surface area (Å²) in [6, 6.07) is 17.1. The number of carbonyl (C=O) groups excluding carboxylic acids is 1. The number of amides is 1. The average molecular weight is 381 g/mol. The summed E-state index contributed by atoms with van der Waals surface area (Å²) in [6.45, 7) is 4.40. The zero-order valence-corrected chi connectivity index (χ0v) is 16.3. The highest BCUT2D eigenvalue weighted by molar-refractivity contribution is 6.30. The number of benzene rings is 2. The minimum absolute atomic E-state index is 0.278. The van der Waals surface area contributed by atoms with Crippen LogP contribution in [0.1, 0.15) is 27.3 Å². The summed E-state index contributed by atoms with van der Waals surface area (Å²) < 4.78 is 0. The lowest BCUT2D eigenvalue weighted by Crippen LogP contribution is -2.22. The van der Waals surface area contributed by atoms with Crippen LogP contribution in [0.5, 0.6) is 0 Å². The molecule has 0 bridgehead atoms. The molecule has 0 spiro atoms. The Morgan fingerprint density at radius 2 is 1.81 bits per heavy atom. The summed E-state index contributed by atoms with van der Waals surface area (Å²) in [5.74, 6) is 0.233. The number of hydrogen-bond acceptors (Lipinski definition) is 4. The highest BCUT2D eigenvalue weighted by atomic mass is 35.5. The summed E-state index contributed by atoms with van der Waals surface area (Å²) in [7, 11) is 1.91. The first-order chi connectivity index (χ1) is 12.9. The Morgan fingerprint density at radius 3 is 2.52 bits per heavy atom. The summed E-state index contributed by atoms with van der Waals surface area (Å²) in [5.41, 5.74) is 3.81. The number of rotatable bonds is 5. The molecule has 27 heavy (non-hydrogen) atoms. The summed E-state index contributed by atoms with van der Waals surface area (Å²) in [4.78, 5) is 23.5. The zero-order chi connectivity index (χ0) is 19.4. The van der Waals surface area contributed by atoms with Gasteiger partial charge in [0.05, 0.1) is 0 Å². The topological polar surface area (TPSA) is 58.1 Å². The lowest BCUT2D eigenvalue weighted by Gasteiger charge is -2.18. The lowest BCUT2D eigenvalue weighted by atomic mass is 10.2. The number of nitrogens with zero attached hydrogens (tertiary/aromatic N) is 3. The Hall–Kier alpha value is -2.92. The van der Waals surface area contributed by atoms with Gasteiger partial charge in [0.25, 0.3) is 5.91 Å². The van der Waals surface area contributed by atoms with E-state index in [-0.39, 0.29) is 5.91 Å². The van der Waals surface area contributed by atoms with Gasteiger partial charge < -0.3 is 10.2 Å². The highest BCUT2D eigenvalue weighted by Crippen LogP contribution is 2.20. The Morgan fingerprint density at radius 1 is 1.07 bits per heavy atom. The van der Waals surface area contributed by atoms with Crippen molar-refractivity contribution in [2.24, 2.45) is 0 Å². The number of halogens is 1. The zero-order valence-electron chi connectivity index (χ0n) is 15.5. The molecule has 3 aromatic rings. The van der Waals surface area contributed by atoms with Crippen LogP contribution in [0, 0.1) is 13.8 Å². The molecule has 0 saturated carbocycles. The van der Waals surface area contributed by atoms with Crippen molar-refractivity contribution < 1.29 is 4.79 Å². The van der Waals surface area contributed by atoms with Crippen molar-refractivity contribution in [1.29, 1.82) is 0 Å². The Balaban J connectivity index is 1.80. The lowest BCUT2D eigenvalue weighted by molar-refractivity contribution is 0.102. The van der Waals surface area contributed by atoms with Gasteiger partial charge >= 0.3 is 0 Å². The van der Waals surface area contributed by atoms with Gasteiger partial charge in [-0.25, -0.2) is 9.97 Å². The van der Waals surface area contributed by atoms with Crippen LogP contribution < -0.4 is 10.2 Å². The molecule has 0 radical (unpaired) electrons. The highest BCUT2D eigenvalue weighted by Gasteiger charge is 2.14. The number of carbonyl (C=O) groups is 1. The fourth-order valence-electron chi connectivity index (χ4n) is 2.72. The molecule has 2 aromatic carbocycles. The summed E-state index contributed by atoms with van der Waals surface area (Å²) >= 11 is 5.97. The van der Waals surface area contributed by atoms with Crippen LogP contribution in [0.2, 0.25) is 5.02 Å². The summed E-state index contributed by atoms with van der Waals surface area (Å²) in [5, 5.41) is 3.52. The van der Waals surface area contributed by atoms with E-state index < -0.39 is 0 Å². The molecule has 0 saturated heterocycles. The standard InChI is InChI=1S/C21H21ClN4O/c1-14-11-17(22)9-10-18(14)24-20(27)19-12-15(2)23-21(25-19)26(3)13-16-7-5-4-6-8-16/h4-12H,13H2,1-3H3,(H,24,27). The molecule has 0 unspecified atom stereocenters. The van der Waals surface area contributed by atoms with Crippen molar-refractivity contribution in [3.05, 3.63) is 82.1 Å². The van der Waals surface area contributed by atoms with Crippen molar-refractivity contribution in [1.82, 2.24) is 9.97 Å². The van der Waals surface area contributed by atoms with E-state index in [1.165, 1.54) is 0 Å². The van der Waals surface area contributed by atoms with E-state index in [9.17, 15) is 4.79 Å². The molecule has 0 aliphatic heterocycles. The van der Waals surface area contributed by atoms with Crippen molar-refractivity contribution in [3.8, 4) is 0 Å². The number of nitrogens with one attached hydrogen (secondary N) is 1. The predicted octanol–water partition coefficient (Wildman–Crippen LogP) is 4.64. The van der Waals surface area contributed by atoms with Gasteiger partial charge in [-0.1, -0.05) is 41.9 Å². The number of aryl methyl sites for hydroxylation is 2. The molecule has 3 rings (SSSR count). The molecular formula is C21H21ClN4O. The minimum atomic E-state index is -0.278. The van der Waals surface area contributed by atoms with Gasteiger partial charge in [-0.15, -0.1) is 0 Å². The van der Waals surface area contributed by atoms with Crippen LogP contribution >= 0.6 is 11.6 Å². The fraction of sp³-hybridized carbons (Fsp3) is 0.190. The first-order valence-corrected chi connectivity index (χ1v) is 8.98. The number of hydrogen-bond donors (Lipinski definition) is 1. The molecule has 0 aliphatic rings. The Bertz CT molecular complexity index is 960. The smallest absolute Gasteiger partial charge is 0.274 e. The van der Waals surface area contributed by atoms with Crippen LogP contribution in [0.15, 0.2) is 54.6 Å². The minimum Gasteiger partial charge on any atom is -0.340 e. The van der Waals surface area contributed by atoms with E-state index in [2.05, 4.69) is 15.3 Å². The summed E-state index contributed by atoms with van der Waals surface area (Å²) in [6.07, 6.45) is 0. The number of anilines is 2. The second-order valence-electron chi connectivity index (χ2n) is 6.45. The normalized spacial score (nSPS) is 10.5. The van der Waals surface area contributed by atoms with Gasteiger partial charge in [0.1, 0.15) is 5.69 Å². The molecular weight excluding hydrogens is 360 g/mol. The molecule has 0 fully saturated rings. The van der Waals surface area contributed by atoms with E-state index in [0.717, 1.165) is 16.8 Å². The maximum Gasteiger partial charge on any atom is 0.274 e. The van der Waals surface area contributed by atoms with Crippen molar-refractivity contribution in [2.45, 2.75) is 20.4 Å². The third kappa shape index (κ3) is 4.83. The van der Waals surface area contributed by atoms with Gasteiger partial charge in [-0.3, -0.25) is 4.79 Å². The van der Waals surface area contributed by atoms with Crippen LogP contribution in [0.4, 0.5) is 11.6 Å². The van der Waals surface area contributed by atoms with Gasteiger partial charge in [0, 0.05) is 30.0 Å². The van der Waals surface area contributed by atoms with Gasteiger partial charge in [-0.2, -0.15) is 0 Å².